The zero-order valence-corrected chi connectivity index (χ0v) is 12.7. The van der Waals surface area contributed by atoms with Crippen LogP contribution in [0.1, 0.15) is 38.8 Å². The molecule has 112 valence electrons. The average molecular weight is 285 g/mol. The van der Waals surface area contributed by atoms with E-state index in [9.17, 15) is 0 Å². The number of hydrogen-bond donors (Lipinski definition) is 2. The predicted molar refractivity (Wildman–Crippen MR) is 83.3 cm³/mol. The van der Waals surface area contributed by atoms with Gasteiger partial charge in [0.2, 0.25) is 0 Å². The number of H-pyrrole nitrogens is 1. The van der Waals surface area contributed by atoms with E-state index in [0.717, 1.165) is 17.0 Å². The van der Waals surface area contributed by atoms with Crippen molar-refractivity contribution in [2.45, 2.75) is 51.7 Å². The van der Waals surface area contributed by atoms with E-state index >= 15 is 0 Å². The Kier molecular flexibility index (Phi) is 4.31. The van der Waals surface area contributed by atoms with E-state index in [4.69, 9.17) is 0 Å². The quantitative estimate of drug-likeness (QED) is 0.907. The molecule has 2 aromatic rings. The molecule has 3 rings (SSSR count). The van der Waals surface area contributed by atoms with Crippen LogP contribution in [0.25, 0.3) is 11.3 Å². The summed E-state index contributed by atoms with van der Waals surface area (Å²) in [5, 5.41) is 13.7. The Bertz CT molecular complexity index is 555. The maximum absolute atomic E-state index is 4.30. The maximum atomic E-state index is 4.30. The first kappa shape index (κ1) is 14.2. The van der Waals surface area contributed by atoms with Crippen LogP contribution in [0.3, 0.4) is 0 Å². The molecule has 5 heteroatoms. The van der Waals surface area contributed by atoms with E-state index in [2.05, 4.69) is 51.8 Å². The Morgan fingerprint density at radius 2 is 1.86 bits per heavy atom. The van der Waals surface area contributed by atoms with Crippen molar-refractivity contribution in [1.82, 2.24) is 25.8 Å². The molecule has 5 nitrogen and oxygen atoms in total. The highest BCUT2D eigenvalue weighted by Gasteiger charge is 2.24. The molecule has 0 amide bonds. The Morgan fingerprint density at radius 1 is 1.14 bits per heavy atom. The highest BCUT2D eigenvalue weighted by Crippen LogP contribution is 2.22. The number of aromatic nitrogens is 3. The Labute approximate surface area is 125 Å². The molecular weight excluding hydrogens is 262 g/mol. The summed E-state index contributed by atoms with van der Waals surface area (Å²) in [5.41, 5.74) is 6.54. The lowest BCUT2D eigenvalue weighted by atomic mass is 10.00. The predicted octanol–water partition coefficient (Wildman–Crippen LogP) is 2.74. The largest absolute Gasteiger partial charge is 0.249 e. The lowest BCUT2D eigenvalue weighted by Gasteiger charge is -2.39. The summed E-state index contributed by atoms with van der Waals surface area (Å²) in [6, 6.07) is 11.3. The molecule has 2 N–H and O–H groups in total. The molecule has 2 unspecified atom stereocenters. The number of benzene rings is 1. The minimum absolute atomic E-state index is 0.570. The van der Waals surface area contributed by atoms with Crippen molar-refractivity contribution in [3.05, 3.63) is 36.0 Å². The van der Waals surface area contributed by atoms with Gasteiger partial charge in [-0.1, -0.05) is 36.8 Å². The molecule has 0 radical (unpaired) electrons. The highest BCUT2D eigenvalue weighted by molar-refractivity contribution is 5.60. The lowest BCUT2D eigenvalue weighted by Crippen LogP contribution is -2.51. The molecular formula is C16H23N5. The SMILES string of the molecule is CC1CCCC(C)N1NCc1n[nH]nc1-c1ccccc1. The maximum Gasteiger partial charge on any atom is 0.117 e. The smallest absolute Gasteiger partial charge is 0.117 e. The fourth-order valence-corrected chi connectivity index (χ4v) is 3.10. The number of aromatic amines is 1. The van der Waals surface area contributed by atoms with E-state index in [1.807, 2.05) is 18.2 Å². The summed E-state index contributed by atoms with van der Waals surface area (Å²) in [6.07, 6.45) is 3.82. The summed E-state index contributed by atoms with van der Waals surface area (Å²) >= 11 is 0. The molecule has 1 aromatic carbocycles. The van der Waals surface area contributed by atoms with Crippen molar-refractivity contribution in [2.75, 3.05) is 0 Å². The number of nitrogens with zero attached hydrogens (tertiary/aromatic N) is 3. The van der Waals surface area contributed by atoms with Gasteiger partial charge in [-0.05, 0) is 26.7 Å². The Hall–Kier alpha value is -1.72. The van der Waals surface area contributed by atoms with E-state index in [1.165, 1.54) is 19.3 Å². The van der Waals surface area contributed by atoms with Crippen LogP contribution in [0.5, 0.6) is 0 Å². The molecule has 1 saturated heterocycles. The Balaban J connectivity index is 1.70. The van der Waals surface area contributed by atoms with E-state index < -0.39 is 0 Å². The van der Waals surface area contributed by atoms with E-state index in [0.29, 0.717) is 18.6 Å². The van der Waals surface area contributed by atoms with Gasteiger partial charge in [-0.2, -0.15) is 15.4 Å². The van der Waals surface area contributed by atoms with Gasteiger partial charge in [0.05, 0.1) is 6.54 Å². The first-order valence-electron chi connectivity index (χ1n) is 7.72. The van der Waals surface area contributed by atoms with E-state index in [-0.39, 0.29) is 0 Å². The summed E-state index contributed by atoms with van der Waals surface area (Å²) in [5.74, 6) is 0. The van der Waals surface area contributed by atoms with Gasteiger partial charge in [0, 0.05) is 17.6 Å². The molecule has 0 bridgehead atoms. The first-order valence-corrected chi connectivity index (χ1v) is 7.72. The van der Waals surface area contributed by atoms with Gasteiger partial charge in [0.1, 0.15) is 11.4 Å². The zero-order valence-electron chi connectivity index (χ0n) is 12.7. The third kappa shape index (κ3) is 3.14. The van der Waals surface area contributed by atoms with Gasteiger partial charge in [-0.15, -0.1) is 0 Å². The van der Waals surface area contributed by atoms with Crippen LogP contribution in [0.2, 0.25) is 0 Å². The molecule has 1 aliphatic rings. The van der Waals surface area contributed by atoms with Crippen molar-refractivity contribution >= 4 is 0 Å². The van der Waals surface area contributed by atoms with Gasteiger partial charge in [-0.25, -0.2) is 10.4 Å². The molecule has 0 aliphatic carbocycles. The van der Waals surface area contributed by atoms with Gasteiger partial charge >= 0.3 is 0 Å². The number of hydrogen-bond acceptors (Lipinski definition) is 4. The molecule has 1 aliphatic heterocycles. The fraction of sp³-hybridized carbons (Fsp3) is 0.500. The molecule has 2 atom stereocenters. The Morgan fingerprint density at radius 3 is 2.57 bits per heavy atom. The fourth-order valence-electron chi connectivity index (χ4n) is 3.10. The summed E-state index contributed by atoms with van der Waals surface area (Å²) < 4.78 is 0. The van der Waals surface area contributed by atoms with Crippen molar-refractivity contribution in [3.63, 3.8) is 0 Å². The van der Waals surface area contributed by atoms with Gasteiger partial charge in [0.25, 0.3) is 0 Å². The highest BCUT2D eigenvalue weighted by atomic mass is 15.5. The average Bonchev–Trinajstić information content (AvgIpc) is 2.96. The molecule has 21 heavy (non-hydrogen) atoms. The molecule has 1 aromatic heterocycles. The monoisotopic (exact) mass is 285 g/mol. The minimum atomic E-state index is 0.570. The van der Waals surface area contributed by atoms with Gasteiger partial charge < -0.3 is 0 Å². The van der Waals surface area contributed by atoms with Crippen molar-refractivity contribution in [2.24, 2.45) is 0 Å². The van der Waals surface area contributed by atoms with Gasteiger partial charge in [0.15, 0.2) is 0 Å². The van der Waals surface area contributed by atoms with Crippen LogP contribution in [0.15, 0.2) is 30.3 Å². The second kappa shape index (κ2) is 6.37. The normalized spacial score (nSPS) is 23.3. The summed E-state index contributed by atoms with van der Waals surface area (Å²) in [6.45, 7) is 5.27. The second-order valence-corrected chi connectivity index (χ2v) is 5.86. The van der Waals surface area contributed by atoms with Crippen LogP contribution in [-0.4, -0.2) is 32.5 Å². The third-order valence-corrected chi connectivity index (χ3v) is 4.29. The molecule has 0 spiro atoms. The van der Waals surface area contributed by atoms with E-state index in [1.54, 1.807) is 0 Å². The third-order valence-electron chi connectivity index (χ3n) is 4.29. The number of rotatable bonds is 4. The summed E-state index contributed by atoms with van der Waals surface area (Å²) in [4.78, 5) is 0. The topological polar surface area (TPSA) is 56.8 Å². The second-order valence-electron chi connectivity index (χ2n) is 5.86. The van der Waals surface area contributed by atoms with Crippen LogP contribution >= 0.6 is 0 Å². The van der Waals surface area contributed by atoms with Crippen LogP contribution < -0.4 is 5.43 Å². The lowest BCUT2D eigenvalue weighted by molar-refractivity contribution is 0.0431. The molecule has 1 fully saturated rings. The number of nitrogens with one attached hydrogen (secondary N) is 2. The molecule has 2 heterocycles. The molecule has 0 saturated carbocycles. The first-order chi connectivity index (χ1) is 10.3. The minimum Gasteiger partial charge on any atom is -0.249 e. The van der Waals surface area contributed by atoms with Crippen molar-refractivity contribution in [1.29, 1.82) is 0 Å². The number of piperidine rings is 1. The van der Waals surface area contributed by atoms with Crippen LogP contribution in [0, 0.1) is 0 Å². The summed E-state index contributed by atoms with van der Waals surface area (Å²) in [7, 11) is 0. The van der Waals surface area contributed by atoms with Crippen molar-refractivity contribution < 1.29 is 0 Å². The van der Waals surface area contributed by atoms with Crippen LogP contribution in [0.4, 0.5) is 0 Å². The number of hydrazine groups is 1. The standard InChI is InChI=1S/C16H23N5/c1-12-7-6-8-13(2)21(12)17-11-15-16(19-20-18-15)14-9-4-3-5-10-14/h3-5,9-10,12-13,17H,6-8,11H2,1-2H3,(H,18,19,20). The van der Waals surface area contributed by atoms with Crippen LogP contribution in [-0.2, 0) is 6.54 Å². The zero-order chi connectivity index (χ0) is 14.7. The van der Waals surface area contributed by atoms with Gasteiger partial charge in [-0.3, -0.25) is 0 Å². The van der Waals surface area contributed by atoms with Crippen molar-refractivity contribution in [3.8, 4) is 11.3 Å².